The number of sulfone groups is 1. The summed E-state index contributed by atoms with van der Waals surface area (Å²) in [5.41, 5.74) is 1.16. The minimum absolute atomic E-state index is 0.0105. The molecule has 0 amide bonds. The fourth-order valence-corrected chi connectivity index (χ4v) is 3.37. The minimum Gasteiger partial charge on any atom is -0.497 e. The molecule has 0 radical (unpaired) electrons. The fourth-order valence-electron chi connectivity index (χ4n) is 2.59. The average Bonchev–Trinajstić information content (AvgIpc) is 2.60. The van der Waals surface area contributed by atoms with Crippen molar-refractivity contribution in [3.05, 3.63) is 29.8 Å². The first kappa shape index (κ1) is 23.2. The average molecular weight is 399 g/mol. The maximum Gasteiger partial charge on any atom is 0.191 e. The first-order chi connectivity index (χ1) is 12.7. The molecule has 0 saturated heterocycles. The van der Waals surface area contributed by atoms with E-state index >= 15 is 0 Å². The van der Waals surface area contributed by atoms with Crippen molar-refractivity contribution in [1.29, 1.82) is 0 Å². The fraction of sp³-hybridized carbons (Fsp3) is 0.632. The number of hydrogen-bond acceptors (Lipinski definition) is 5. The Morgan fingerprint density at radius 3 is 2.37 bits per heavy atom. The lowest BCUT2D eigenvalue weighted by molar-refractivity contribution is 0.306. The second-order valence-corrected chi connectivity index (χ2v) is 9.20. The van der Waals surface area contributed by atoms with Gasteiger partial charge in [-0.3, -0.25) is 4.99 Å². The molecule has 0 spiro atoms. The molecule has 7 nitrogen and oxygen atoms in total. The molecule has 154 valence electrons. The highest BCUT2D eigenvalue weighted by molar-refractivity contribution is 7.90. The number of likely N-dealkylation sites (N-methyl/N-ethyl adjacent to an activating group) is 1. The molecule has 0 aliphatic rings. The maximum atomic E-state index is 11.4. The van der Waals surface area contributed by atoms with Crippen molar-refractivity contribution in [3.8, 4) is 5.75 Å². The first-order valence-corrected chi connectivity index (χ1v) is 11.2. The lowest BCUT2D eigenvalue weighted by Crippen LogP contribution is -2.43. The van der Waals surface area contributed by atoms with E-state index in [4.69, 9.17) is 9.73 Å². The van der Waals surface area contributed by atoms with Crippen molar-refractivity contribution >= 4 is 15.8 Å². The third-order valence-corrected chi connectivity index (χ3v) is 5.17. The van der Waals surface area contributed by atoms with Crippen molar-refractivity contribution in [2.45, 2.75) is 32.4 Å². The molecule has 0 aliphatic carbocycles. The number of methoxy groups -OCH3 is 1. The van der Waals surface area contributed by atoms with E-state index in [1.807, 2.05) is 52.2 Å². The van der Waals surface area contributed by atoms with Crippen LogP contribution >= 0.6 is 0 Å². The molecule has 0 heterocycles. The normalized spacial score (nSPS) is 14.7. The van der Waals surface area contributed by atoms with Gasteiger partial charge in [0, 0.05) is 18.8 Å². The molecule has 1 aromatic carbocycles. The Labute approximate surface area is 164 Å². The van der Waals surface area contributed by atoms with Crippen LogP contribution in [0.3, 0.4) is 0 Å². The van der Waals surface area contributed by atoms with Gasteiger partial charge in [0.05, 0.1) is 25.4 Å². The third-order valence-electron chi connectivity index (χ3n) is 4.20. The zero-order chi connectivity index (χ0) is 20.4. The molecular formula is C19H34N4O3S. The predicted octanol–water partition coefficient (Wildman–Crippen LogP) is 1.68. The Balaban J connectivity index is 2.82. The number of nitrogens with zero attached hydrogens (tertiary/aromatic N) is 2. The van der Waals surface area contributed by atoms with Crippen LogP contribution in [0.25, 0.3) is 0 Å². The van der Waals surface area contributed by atoms with Crippen LogP contribution in [0.1, 0.15) is 31.9 Å². The Kier molecular flexibility index (Phi) is 9.59. The summed E-state index contributed by atoms with van der Waals surface area (Å²) in [4.78, 5) is 6.84. The van der Waals surface area contributed by atoms with E-state index in [9.17, 15) is 8.42 Å². The smallest absolute Gasteiger partial charge is 0.191 e. The van der Waals surface area contributed by atoms with Crippen molar-refractivity contribution in [2.75, 3.05) is 46.3 Å². The standard InChI is InChI=1S/C19H34N4O3S/c1-7-20-19(22-15(2)12-13-27(6,24)25)21-14-18(23(3)4)16-8-10-17(26-5)11-9-16/h8-11,15,18H,7,12-14H2,1-6H3,(H2,20,21,22). The van der Waals surface area contributed by atoms with Gasteiger partial charge in [0.1, 0.15) is 15.6 Å². The van der Waals surface area contributed by atoms with Gasteiger partial charge in [-0.2, -0.15) is 0 Å². The van der Waals surface area contributed by atoms with Crippen molar-refractivity contribution < 1.29 is 13.2 Å². The molecule has 0 saturated carbocycles. The number of guanidine groups is 1. The summed E-state index contributed by atoms with van der Waals surface area (Å²) >= 11 is 0. The number of hydrogen-bond donors (Lipinski definition) is 2. The van der Waals surface area contributed by atoms with E-state index in [0.717, 1.165) is 17.9 Å². The quantitative estimate of drug-likeness (QED) is 0.461. The molecule has 0 fully saturated rings. The van der Waals surface area contributed by atoms with Gasteiger partial charge >= 0.3 is 0 Å². The van der Waals surface area contributed by atoms with E-state index in [1.54, 1.807) is 7.11 Å². The highest BCUT2D eigenvalue weighted by atomic mass is 32.2. The Morgan fingerprint density at radius 2 is 1.89 bits per heavy atom. The van der Waals surface area contributed by atoms with Gasteiger partial charge in [-0.15, -0.1) is 0 Å². The maximum absolute atomic E-state index is 11.4. The summed E-state index contributed by atoms with van der Waals surface area (Å²) < 4.78 is 27.9. The van der Waals surface area contributed by atoms with E-state index in [-0.39, 0.29) is 17.8 Å². The van der Waals surface area contributed by atoms with Gasteiger partial charge in [0.25, 0.3) is 0 Å². The lowest BCUT2D eigenvalue weighted by atomic mass is 10.1. The highest BCUT2D eigenvalue weighted by Crippen LogP contribution is 2.21. The zero-order valence-electron chi connectivity index (χ0n) is 17.3. The third kappa shape index (κ3) is 9.10. The number of ether oxygens (including phenoxy) is 1. The molecule has 2 atom stereocenters. The number of nitrogens with one attached hydrogen (secondary N) is 2. The van der Waals surface area contributed by atoms with E-state index in [1.165, 1.54) is 6.26 Å². The molecular weight excluding hydrogens is 364 g/mol. The van der Waals surface area contributed by atoms with Gasteiger partial charge in [-0.1, -0.05) is 12.1 Å². The summed E-state index contributed by atoms with van der Waals surface area (Å²) in [6.45, 7) is 5.28. The molecule has 2 N–H and O–H groups in total. The first-order valence-electron chi connectivity index (χ1n) is 9.19. The van der Waals surface area contributed by atoms with Crippen LogP contribution in [0.4, 0.5) is 0 Å². The summed E-state index contributed by atoms with van der Waals surface area (Å²) in [5, 5.41) is 6.52. The second kappa shape index (κ2) is 11.1. The molecule has 27 heavy (non-hydrogen) atoms. The van der Waals surface area contributed by atoms with E-state index in [2.05, 4.69) is 15.5 Å². The lowest BCUT2D eigenvalue weighted by Gasteiger charge is -2.24. The van der Waals surface area contributed by atoms with Crippen LogP contribution in [0.15, 0.2) is 29.3 Å². The monoisotopic (exact) mass is 398 g/mol. The molecule has 0 aromatic heterocycles. The molecule has 0 aliphatic heterocycles. The number of aliphatic imine (C=N–C) groups is 1. The van der Waals surface area contributed by atoms with Crippen molar-refractivity contribution in [3.63, 3.8) is 0 Å². The highest BCUT2D eigenvalue weighted by Gasteiger charge is 2.15. The number of benzene rings is 1. The van der Waals surface area contributed by atoms with Crippen molar-refractivity contribution in [1.82, 2.24) is 15.5 Å². The zero-order valence-corrected chi connectivity index (χ0v) is 18.1. The molecule has 2 unspecified atom stereocenters. The number of rotatable bonds is 10. The van der Waals surface area contributed by atoms with Crippen LogP contribution < -0.4 is 15.4 Å². The topological polar surface area (TPSA) is 83.0 Å². The van der Waals surface area contributed by atoms with Crippen LogP contribution in [-0.2, 0) is 9.84 Å². The van der Waals surface area contributed by atoms with Gasteiger partial charge in [-0.05, 0) is 52.1 Å². The van der Waals surface area contributed by atoms with E-state index in [0.29, 0.717) is 18.9 Å². The SMILES string of the molecule is CCNC(=NCC(c1ccc(OC)cc1)N(C)C)NC(C)CCS(C)(=O)=O. The Hall–Kier alpha value is -1.80. The van der Waals surface area contributed by atoms with Crippen LogP contribution in [0, 0.1) is 0 Å². The Bertz CT molecular complexity index is 687. The van der Waals surface area contributed by atoms with Crippen LogP contribution in [0.5, 0.6) is 5.75 Å². The predicted molar refractivity (Wildman–Crippen MR) is 112 cm³/mol. The van der Waals surface area contributed by atoms with E-state index < -0.39 is 9.84 Å². The molecule has 1 aromatic rings. The van der Waals surface area contributed by atoms with Gasteiger partial charge in [-0.25, -0.2) is 8.42 Å². The van der Waals surface area contributed by atoms with Gasteiger partial charge < -0.3 is 20.3 Å². The summed E-state index contributed by atoms with van der Waals surface area (Å²) in [7, 11) is 2.75. The van der Waals surface area contributed by atoms with Gasteiger partial charge in [0.2, 0.25) is 0 Å². The second-order valence-electron chi connectivity index (χ2n) is 6.94. The molecule has 1 rings (SSSR count). The summed E-state index contributed by atoms with van der Waals surface area (Å²) in [6.07, 6.45) is 1.80. The molecule has 8 heteroatoms. The largest absolute Gasteiger partial charge is 0.497 e. The summed E-state index contributed by atoms with van der Waals surface area (Å²) in [6, 6.07) is 8.13. The Morgan fingerprint density at radius 1 is 1.26 bits per heavy atom. The minimum atomic E-state index is -2.96. The van der Waals surface area contributed by atoms with Gasteiger partial charge in [0.15, 0.2) is 5.96 Å². The summed E-state index contributed by atoms with van der Waals surface area (Å²) in [5.74, 6) is 1.68. The van der Waals surface area contributed by atoms with Crippen LogP contribution in [-0.4, -0.2) is 71.6 Å². The van der Waals surface area contributed by atoms with Crippen molar-refractivity contribution in [2.24, 2.45) is 4.99 Å². The molecule has 0 bridgehead atoms. The van der Waals surface area contributed by atoms with Crippen LogP contribution in [0.2, 0.25) is 0 Å².